The van der Waals surface area contributed by atoms with Gasteiger partial charge < -0.3 is 9.52 Å². The van der Waals surface area contributed by atoms with E-state index in [2.05, 4.69) is 5.10 Å². The Morgan fingerprint density at radius 2 is 2.18 bits per heavy atom. The molecule has 1 aliphatic heterocycles. The second-order valence-corrected chi connectivity index (χ2v) is 5.77. The molecule has 1 unspecified atom stereocenters. The molecule has 0 bridgehead atoms. The molecule has 1 aliphatic rings. The van der Waals surface area contributed by atoms with Crippen molar-refractivity contribution in [3.05, 3.63) is 57.9 Å². The number of nitrogens with one attached hydrogen (secondary N) is 1. The van der Waals surface area contributed by atoms with Gasteiger partial charge in [0.05, 0.1) is 17.9 Å². The Morgan fingerprint density at radius 3 is 2.75 bits per heavy atom. The van der Waals surface area contributed by atoms with Crippen LogP contribution < -0.4 is 5.43 Å². The number of halogens is 4. The molecule has 150 valence electrons. The second-order valence-electron chi connectivity index (χ2n) is 5.77. The molecule has 2 aromatic heterocycles. The van der Waals surface area contributed by atoms with E-state index in [1.807, 2.05) is 0 Å². The minimum atomic E-state index is -3.54. The van der Waals surface area contributed by atoms with Crippen molar-refractivity contribution in [1.82, 2.24) is 20.2 Å². The van der Waals surface area contributed by atoms with Crippen LogP contribution in [-0.2, 0) is 6.54 Å². The molecule has 0 aromatic carbocycles. The van der Waals surface area contributed by atoms with Gasteiger partial charge in [0, 0.05) is 0 Å². The number of rotatable bonds is 5. The maximum Gasteiger partial charge on any atom is 0.310 e. The average molecular weight is 405 g/mol. The van der Waals surface area contributed by atoms with Gasteiger partial charge >= 0.3 is 11.6 Å². The number of hydrogen-bond acceptors (Lipinski definition) is 7. The van der Waals surface area contributed by atoms with E-state index in [0.717, 1.165) is 23.1 Å². The fourth-order valence-electron chi connectivity index (χ4n) is 2.50. The van der Waals surface area contributed by atoms with Crippen molar-refractivity contribution in [3.8, 4) is 0 Å². The zero-order valence-electron chi connectivity index (χ0n) is 13.7. The van der Waals surface area contributed by atoms with Crippen molar-refractivity contribution in [2.24, 2.45) is 0 Å². The summed E-state index contributed by atoms with van der Waals surface area (Å²) in [5.41, 5.74) is -2.72. The zero-order valence-corrected chi connectivity index (χ0v) is 13.7. The first-order valence-electron chi connectivity index (χ1n) is 7.53. The van der Waals surface area contributed by atoms with E-state index in [0.29, 0.717) is 0 Å². The lowest BCUT2D eigenvalue weighted by Gasteiger charge is -2.30. The smallest absolute Gasteiger partial charge is 0.310 e. The highest BCUT2D eigenvalue weighted by Crippen LogP contribution is 2.35. The first kappa shape index (κ1) is 19.3. The fourth-order valence-corrected chi connectivity index (χ4v) is 2.50. The van der Waals surface area contributed by atoms with Gasteiger partial charge in [-0.25, -0.2) is 13.8 Å². The summed E-state index contributed by atoms with van der Waals surface area (Å²) in [5.74, 6) is -1.76. The van der Waals surface area contributed by atoms with Gasteiger partial charge in [0.2, 0.25) is 5.72 Å². The van der Waals surface area contributed by atoms with Gasteiger partial charge in [-0.05, 0) is 12.1 Å². The normalized spacial score (nSPS) is 19.2. The molecule has 2 N–H and O–H groups in total. The van der Waals surface area contributed by atoms with Gasteiger partial charge in [0.25, 0.3) is 12.5 Å². The van der Waals surface area contributed by atoms with Crippen LogP contribution in [0, 0.1) is 10.1 Å². The van der Waals surface area contributed by atoms with E-state index in [4.69, 9.17) is 4.42 Å². The molecule has 0 spiro atoms. The average Bonchev–Trinajstić information content (AvgIpc) is 3.33. The quantitative estimate of drug-likeness (QED) is 0.442. The molecule has 3 heterocycles. The van der Waals surface area contributed by atoms with Crippen LogP contribution in [0.25, 0.3) is 0 Å². The van der Waals surface area contributed by atoms with Crippen LogP contribution in [0.4, 0.5) is 23.2 Å². The summed E-state index contributed by atoms with van der Waals surface area (Å²) in [7, 11) is 0. The number of carbonyl (C=O) groups is 1. The summed E-state index contributed by atoms with van der Waals surface area (Å²) in [6, 6.07) is 2.35. The Morgan fingerprint density at radius 1 is 1.46 bits per heavy atom. The minimum Gasteiger partial charge on any atom is -0.454 e. The number of nitrogens with zero attached hydrogens (tertiary/aromatic N) is 4. The van der Waals surface area contributed by atoms with Crippen LogP contribution in [0.3, 0.4) is 0 Å². The van der Waals surface area contributed by atoms with Crippen molar-refractivity contribution < 1.29 is 36.8 Å². The van der Waals surface area contributed by atoms with Crippen LogP contribution in [0.2, 0.25) is 0 Å². The molecule has 0 aliphatic carbocycles. The monoisotopic (exact) mass is 405 g/mol. The molecule has 1 amide bonds. The van der Waals surface area contributed by atoms with Crippen LogP contribution in [0.15, 0.2) is 40.7 Å². The van der Waals surface area contributed by atoms with E-state index in [-0.39, 0.29) is 23.0 Å². The number of hydrogen-bond donors (Lipinski definition) is 2. The zero-order chi connectivity index (χ0) is 20.6. The van der Waals surface area contributed by atoms with Crippen LogP contribution in [0.1, 0.15) is 22.7 Å². The maximum absolute atomic E-state index is 13.2. The summed E-state index contributed by atoms with van der Waals surface area (Å²) in [6.07, 6.45) is -4.99. The van der Waals surface area contributed by atoms with E-state index in [9.17, 15) is 37.6 Å². The summed E-state index contributed by atoms with van der Waals surface area (Å²) in [5, 5.41) is 24.3. The van der Waals surface area contributed by atoms with Gasteiger partial charge in [0.1, 0.15) is 23.9 Å². The largest absolute Gasteiger partial charge is 0.454 e. The number of carbonyl (C=O) groups excluding carboxylic acids is 1. The Hall–Kier alpha value is -3.42. The van der Waals surface area contributed by atoms with Gasteiger partial charge in [-0.15, -0.1) is 0 Å². The lowest BCUT2D eigenvalue weighted by molar-refractivity contribution is -0.385. The van der Waals surface area contributed by atoms with E-state index in [1.54, 1.807) is 5.43 Å². The van der Waals surface area contributed by atoms with Gasteiger partial charge in [-0.1, -0.05) is 0 Å². The SMILES string of the molecule is O=C(c1ccc(Cn2cc([N+](=O)[O-])cn2)o1)N1NC(=C(F)F)CC1(O)C(F)F. The number of amides is 1. The number of aromatic nitrogens is 2. The van der Waals surface area contributed by atoms with Crippen molar-refractivity contribution in [1.29, 1.82) is 0 Å². The standard InChI is InChI=1S/C14H11F4N5O5/c15-11(16)9-3-14(25,13(17)18)22(20-9)12(24)10-2-1-8(28-10)6-21-5-7(4-19-21)23(26)27/h1-2,4-5,13,20,25H,3,6H2. The van der Waals surface area contributed by atoms with Crippen LogP contribution in [0.5, 0.6) is 0 Å². The summed E-state index contributed by atoms with van der Waals surface area (Å²) in [4.78, 5) is 22.4. The third-order valence-corrected chi connectivity index (χ3v) is 3.87. The lowest BCUT2D eigenvalue weighted by Crippen LogP contribution is -2.55. The van der Waals surface area contributed by atoms with Gasteiger partial charge in [-0.2, -0.15) is 13.9 Å². The van der Waals surface area contributed by atoms with Crippen molar-refractivity contribution in [2.75, 3.05) is 0 Å². The highest BCUT2D eigenvalue weighted by atomic mass is 19.3. The topological polar surface area (TPSA) is 127 Å². The van der Waals surface area contributed by atoms with E-state index in [1.165, 1.54) is 6.07 Å². The predicted molar refractivity (Wildman–Crippen MR) is 80.8 cm³/mol. The van der Waals surface area contributed by atoms with Crippen molar-refractivity contribution >= 4 is 11.6 Å². The number of alkyl halides is 2. The molecule has 1 fully saturated rings. The Balaban J connectivity index is 1.81. The van der Waals surface area contributed by atoms with Crippen LogP contribution in [-0.4, -0.2) is 42.9 Å². The fraction of sp³-hybridized carbons (Fsp3) is 0.286. The Bertz CT molecular complexity index is 954. The first-order chi connectivity index (χ1) is 13.1. The number of hydrazine groups is 1. The highest BCUT2D eigenvalue weighted by Gasteiger charge is 2.54. The number of nitro groups is 1. The van der Waals surface area contributed by atoms with Gasteiger partial charge in [-0.3, -0.25) is 25.0 Å². The summed E-state index contributed by atoms with van der Waals surface area (Å²) in [6.45, 7) is -0.127. The minimum absolute atomic E-state index is 0.0203. The van der Waals surface area contributed by atoms with Crippen LogP contribution >= 0.6 is 0 Å². The summed E-state index contributed by atoms with van der Waals surface area (Å²) >= 11 is 0. The molecular weight excluding hydrogens is 394 g/mol. The summed E-state index contributed by atoms with van der Waals surface area (Å²) < 4.78 is 58.2. The number of furan rings is 1. The third kappa shape index (κ3) is 3.40. The molecule has 28 heavy (non-hydrogen) atoms. The molecule has 0 radical (unpaired) electrons. The highest BCUT2D eigenvalue weighted by molar-refractivity contribution is 5.92. The van der Waals surface area contributed by atoms with E-state index >= 15 is 0 Å². The predicted octanol–water partition coefficient (Wildman–Crippen LogP) is 1.84. The molecule has 1 saturated heterocycles. The number of aliphatic hydroxyl groups is 1. The molecule has 0 saturated carbocycles. The molecule has 2 aromatic rings. The maximum atomic E-state index is 13.2. The second kappa shape index (κ2) is 6.95. The van der Waals surface area contributed by atoms with E-state index < -0.39 is 46.9 Å². The molecule has 14 heteroatoms. The molecule has 3 rings (SSSR count). The molecule has 10 nitrogen and oxygen atoms in total. The van der Waals surface area contributed by atoms with Crippen molar-refractivity contribution in [2.45, 2.75) is 25.1 Å². The first-order valence-corrected chi connectivity index (χ1v) is 7.53. The molecular formula is C14H11F4N5O5. The van der Waals surface area contributed by atoms with Crippen molar-refractivity contribution in [3.63, 3.8) is 0 Å². The Kier molecular flexibility index (Phi) is 4.80. The third-order valence-electron chi connectivity index (χ3n) is 3.87. The Labute approximate surface area is 152 Å². The lowest BCUT2D eigenvalue weighted by atomic mass is 10.1. The van der Waals surface area contributed by atoms with Gasteiger partial charge in [0.15, 0.2) is 5.76 Å². The molecule has 1 atom stereocenters.